The molecule has 13 heavy (non-hydrogen) atoms. The van der Waals surface area contributed by atoms with Crippen LogP contribution in [0.4, 0.5) is 0 Å². The van der Waals surface area contributed by atoms with Gasteiger partial charge in [-0.15, -0.1) is 0 Å². The van der Waals surface area contributed by atoms with Crippen LogP contribution < -0.4 is 0 Å². The number of aliphatic hydroxyl groups is 1. The highest BCUT2D eigenvalue weighted by atomic mass is 32.2. The molecule has 5 heteroatoms. The SMILES string of the molecule is CS(=O)(=O)OC[C@H]1CC[C@@H](O)CC1. The third-order valence-corrected chi connectivity index (χ3v) is 2.90. The molecule has 0 saturated heterocycles. The van der Waals surface area contributed by atoms with Gasteiger partial charge in [0.15, 0.2) is 0 Å². The first kappa shape index (κ1) is 10.9. The smallest absolute Gasteiger partial charge is 0.264 e. The van der Waals surface area contributed by atoms with Crippen LogP contribution in [0, 0.1) is 5.92 Å². The van der Waals surface area contributed by atoms with Crippen molar-refractivity contribution in [1.29, 1.82) is 0 Å². The molecule has 1 N–H and O–H groups in total. The van der Waals surface area contributed by atoms with Gasteiger partial charge in [0, 0.05) is 0 Å². The van der Waals surface area contributed by atoms with Crippen LogP contribution in [0.2, 0.25) is 0 Å². The van der Waals surface area contributed by atoms with E-state index in [2.05, 4.69) is 0 Å². The molecule has 78 valence electrons. The zero-order valence-corrected chi connectivity index (χ0v) is 8.59. The molecule has 0 aromatic heterocycles. The topological polar surface area (TPSA) is 63.6 Å². The summed E-state index contributed by atoms with van der Waals surface area (Å²) in [6, 6.07) is 0. The summed E-state index contributed by atoms with van der Waals surface area (Å²) in [5.74, 6) is 0.290. The van der Waals surface area contributed by atoms with Gasteiger partial charge in [0.2, 0.25) is 0 Å². The molecule has 0 atom stereocenters. The van der Waals surface area contributed by atoms with Crippen LogP contribution in [0.3, 0.4) is 0 Å². The molecule has 0 radical (unpaired) electrons. The molecule has 0 aliphatic heterocycles. The number of aliphatic hydroxyl groups excluding tert-OH is 1. The Balaban J connectivity index is 2.24. The zero-order valence-electron chi connectivity index (χ0n) is 7.77. The first-order valence-corrected chi connectivity index (χ1v) is 6.31. The zero-order chi connectivity index (χ0) is 9.90. The molecular weight excluding hydrogens is 192 g/mol. The second-order valence-electron chi connectivity index (χ2n) is 3.66. The quantitative estimate of drug-likeness (QED) is 0.686. The van der Waals surface area contributed by atoms with Gasteiger partial charge in [-0.05, 0) is 31.6 Å². The van der Waals surface area contributed by atoms with Crippen molar-refractivity contribution in [3.63, 3.8) is 0 Å². The van der Waals surface area contributed by atoms with Gasteiger partial charge >= 0.3 is 0 Å². The highest BCUT2D eigenvalue weighted by molar-refractivity contribution is 7.85. The molecule has 4 nitrogen and oxygen atoms in total. The summed E-state index contributed by atoms with van der Waals surface area (Å²) >= 11 is 0. The molecule has 0 aromatic carbocycles. The largest absolute Gasteiger partial charge is 0.393 e. The van der Waals surface area contributed by atoms with Crippen molar-refractivity contribution in [1.82, 2.24) is 0 Å². The fourth-order valence-corrected chi connectivity index (χ4v) is 1.97. The van der Waals surface area contributed by atoms with E-state index in [-0.39, 0.29) is 18.6 Å². The van der Waals surface area contributed by atoms with E-state index in [0.717, 1.165) is 31.9 Å². The van der Waals surface area contributed by atoms with Crippen LogP contribution >= 0.6 is 0 Å². The van der Waals surface area contributed by atoms with Crippen molar-refractivity contribution in [2.24, 2.45) is 5.92 Å². The Hall–Kier alpha value is -0.130. The predicted octanol–water partition coefficient (Wildman–Crippen LogP) is 0.514. The highest BCUT2D eigenvalue weighted by Crippen LogP contribution is 2.24. The first-order valence-electron chi connectivity index (χ1n) is 4.50. The van der Waals surface area contributed by atoms with Crippen LogP contribution in [0.15, 0.2) is 0 Å². The fourth-order valence-electron chi connectivity index (χ4n) is 1.53. The monoisotopic (exact) mass is 208 g/mol. The summed E-state index contributed by atoms with van der Waals surface area (Å²) in [5, 5.41) is 9.20. The molecular formula is C8H16O4S. The molecule has 0 bridgehead atoms. The minimum atomic E-state index is -3.30. The van der Waals surface area contributed by atoms with E-state index in [4.69, 9.17) is 4.18 Å². The predicted molar refractivity (Wildman–Crippen MR) is 48.8 cm³/mol. The van der Waals surface area contributed by atoms with E-state index in [0.29, 0.717) is 0 Å². The van der Waals surface area contributed by atoms with Crippen molar-refractivity contribution in [2.45, 2.75) is 31.8 Å². The van der Waals surface area contributed by atoms with Gasteiger partial charge in [-0.3, -0.25) is 4.18 Å². The standard InChI is InChI=1S/C8H16O4S/c1-13(10,11)12-6-7-2-4-8(9)5-3-7/h7-9H,2-6H2,1H3/t7-,8+. The maximum absolute atomic E-state index is 10.7. The Kier molecular flexibility index (Phi) is 3.70. The lowest BCUT2D eigenvalue weighted by atomic mass is 9.88. The molecule has 1 rings (SSSR count). The van der Waals surface area contributed by atoms with E-state index in [1.54, 1.807) is 0 Å². The summed E-state index contributed by atoms with van der Waals surface area (Å²) in [7, 11) is -3.30. The van der Waals surface area contributed by atoms with Gasteiger partial charge < -0.3 is 5.11 Å². The average molecular weight is 208 g/mol. The van der Waals surface area contributed by atoms with Gasteiger partial charge in [-0.25, -0.2) is 0 Å². The Bertz CT molecular complexity index is 239. The van der Waals surface area contributed by atoms with Gasteiger partial charge in [0.25, 0.3) is 10.1 Å². The molecule has 1 aliphatic carbocycles. The molecule has 0 unspecified atom stereocenters. The van der Waals surface area contributed by atoms with Crippen molar-refractivity contribution in [3.8, 4) is 0 Å². The molecule has 0 aromatic rings. The van der Waals surface area contributed by atoms with Gasteiger partial charge in [0.05, 0.1) is 19.0 Å². The van der Waals surface area contributed by atoms with Crippen LogP contribution in [-0.2, 0) is 14.3 Å². The molecule has 0 heterocycles. The molecule has 0 spiro atoms. The Morgan fingerprint density at radius 1 is 1.31 bits per heavy atom. The lowest BCUT2D eigenvalue weighted by molar-refractivity contribution is 0.0931. The van der Waals surface area contributed by atoms with Crippen LogP contribution in [0.1, 0.15) is 25.7 Å². The number of rotatable bonds is 3. The molecule has 1 fully saturated rings. The van der Waals surface area contributed by atoms with Crippen molar-refractivity contribution >= 4 is 10.1 Å². The lowest BCUT2D eigenvalue weighted by Crippen LogP contribution is -2.22. The number of hydrogen-bond donors (Lipinski definition) is 1. The highest BCUT2D eigenvalue weighted by Gasteiger charge is 2.20. The normalized spacial score (nSPS) is 30.3. The molecule has 0 amide bonds. The van der Waals surface area contributed by atoms with Gasteiger partial charge in [-0.2, -0.15) is 8.42 Å². The van der Waals surface area contributed by atoms with Crippen molar-refractivity contribution in [2.75, 3.05) is 12.9 Å². The third-order valence-electron chi connectivity index (χ3n) is 2.33. The second kappa shape index (κ2) is 4.39. The molecule has 1 aliphatic rings. The van der Waals surface area contributed by atoms with Gasteiger partial charge in [-0.1, -0.05) is 0 Å². The summed E-state index contributed by atoms with van der Waals surface area (Å²) < 4.78 is 26.0. The maximum Gasteiger partial charge on any atom is 0.264 e. The molecule has 1 saturated carbocycles. The Morgan fingerprint density at radius 2 is 1.85 bits per heavy atom. The first-order chi connectivity index (χ1) is 5.97. The van der Waals surface area contributed by atoms with E-state index >= 15 is 0 Å². The average Bonchev–Trinajstić information content (AvgIpc) is 2.02. The minimum Gasteiger partial charge on any atom is -0.393 e. The lowest BCUT2D eigenvalue weighted by Gasteiger charge is -2.24. The number of hydrogen-bond acceptors (Lipinski definition) is 4. The Labute approximate surface area is 79.0 Å². The maximum atomic E-state index is 10.7. The summed E-state index contributed by atoms with van der Waals surface area (Å²) in [6.07, 6.45) is 4.10. The third kappa shape index (κ3) is 4.59. The van der Waals surface area contributed by atoms with Crippen LogP contribution in [0.25, 0.3) is 0 Å². The van der Waals surface area contributed by atoms with Gasteiger partial charge in [0.1, 0.15) is 0 Å². The van der Waals surface area contributed by atoms with E-state index in [1.807, 2.05) is 0 Å². The van der Waals surface area contributed by atoms with E-state index in [9.17, 15) is 13.5 Å². The summed E-state index contributed by atoms with van der Waals surface area (Å²) in [5.41, 5.74) is 0. The summed E-state index contributed by atoms with van der Waals surface area (Å²) in [6.45, 7) is 0.269. The Morgan fingerprint density at radius 3 is 2.31 bits per heavy atom. The van der Waals surface area contributed by atoms with Crippen LogP contribution in [-0.4, -0.2) is 32.5 Å². The summed E-state index contributed by atoms with van der Waals surface area (Å²) in [4.78, 5) is 0. The van der Waals surface area contributed by atoms with Crippen LogP contribution in [0.5, 0.6) is 0 Å². The van der Waals surface area contributed by atoms with E-state index in [1.165, 1.54) is 0 Å². The minimum absolute atomic E-state index is 0.200. The second-order valence-corrected chi connectivity index (χ2v) is 5.31. The van der Waals surface area contributed by atoms with Crippen molar-refractivity contribution < 1.29 is 17.7 Å². The van der Waals surface area contributed by atoms with Crippen molar-refractivity contribution in [3.05, 3.63) is 0 Å². The van der Waals surface area contributed by atoms with E-state index < -0.39 is 10.1 Å². The fraction of sp³-hybridized carbons (Fsp3) is 1.00.